The fourth-order valence-electron chi connectivity index (χ4n) is 1.67. The number of carbonyl (C=O) groups is 1. The summed E-state index contributed by atoms with van der Waals surface area (Å²) in [5, 5.41) is 20.2. The van der Waals surface area contributed by atoms with Gasteiger partial charge in [0.15, 0.2) is 4.75 Å². The first-order valence-corrected chi connectivity index (χ1v) is 5.44. The average molecular weight is 257 g/mol. The zero-order chi connectivity index (χ0) is 12.6. The number of oxime groups is 1. The van der Waals surface area contributed by atoms with E-state index in [9.17, 15) is 18.0 Å². The van der Waals surface area contributed by atoms with Crippen molar-refractivity contribution in [3.05, 3.63) is 0 Å². The molecule has 1 fully saturated rings. The van der Waals surface area contributed by atoms with Crippen molar-refractivity contribution in [1.82, 2.24) is 0 Å². The molecule has 0 amide bonds. The summed E-state index contributed by atoms with van der Waals surface area (Å²) in [6.07, 6.45) is -4.64. The highest BCUT2D eigenvalue weighted by atomic mass is 32.2. The molecule has 0 saturated carbocycles. The van der Waals surface area contributed by atoms with E-state index in [4.69, 9.17) is 10.3 Å². The Labute approximate surface area is 93.5 Å². The number of halogens is 3. The van der Waals surface area contributed by atoms with Crippen LogP contribution in [0, 0.1) is 5.92 Å². The summed E-state index contributed by atoms with van der Waals surface area (Å²) >= 11 is 0.655. The molecule has 92 valence electrons. The Morgan fingerprint density at radius 1 is 1.69 bits per heavy atom. The zero-order valence-electron chi connectivity index (χ0n) is 8.28. The molecule has 0 aromatic rings. The first-order valence-electron chi connectivity index (χ1n) is 4.46. The molecule has 2 unspecified atom stereocenters. The molecule has 2 N–H and O–H groups in total. The third-order valence-corrected chi connectivity index (χ3v) is 4.25. The Balaban J connectivity index is 3.16. The molecular formula is C8H10F3NO3S. The number of alkyl halides is 3. The highest BCUT2D eigenvalue weighted by Gasteiger charge is 2.59. The topological polar surface area (TPSA) is 69.9 Å². The number of carboxylic acids is 1. The third kappa shape index (κ3) is 1.85. The van der Waals surface area contributed by atoms with E-state index >= 15 is 0 Å². The van der Waals surface area contributed by atoms with Gasteiger partial charge in [-0.15, -0.1) is 11.8 Å². The van der Waals surface area contributed by atoms with Crippen molar-refractivity contribution >= 4 is 23.4 Å². The Hall–Kier alpha value is -0.920. The Kier molecular flexibility index (Phi) is 3.41. The van der Waals surface area contributed by atoms with E-state index in [1.54, 1.807) is 0 Å². The van der Waals surface area contributed by atoms with E-state index in [0.717, 1.165) is 0 Å². The van der Waals surface area contributed by atoms with Gasteiger partial charge in [-0.1, -0.05) is 12.1 Å². The first-order chi connectivity index (χ1) is 7.29. The van der Waals surface area contributed by atoms with Crippen molar-refractivity contribution in [2.45, 2.75) is 24.3 Å². The summed E-state index contributed by atoms with van der Waals surface area (Å²) < 4.78 is 35.9. The summed E-state index contributed by atoms with van der Waals surface area (Å²) in [5.41, 5.74) is -0.708. The second kappa shape index (κ2) is 4.15. The second-order valence-electron chi connectivity index (χ2n) is 3.38. The van der Waals surface area contributed by atoms with Crippen LogP contribution in [-0.2, 0) is 4.79 Å². The molecule has 0 bridgehead atoms. The molecule has 0 aliphatic carbocycles. The van der Waals surface area contributed by atoms with Crippen LogP contribution in [0.2, 0.25) is 0 Å². The van der Waals surface area contributed by atoms with Gasteiger partial charge in [0.2, 0.25) is 0 Å². The molecule has 1 aliphatic rings. The lowest BCUT2D eigenvalue weighted by molar-refractivity contribution is -0.150. The van der Waals surface area contributed by atoms with Crippen LogP contribution in [0.3, 0.4) is 0 Å². The van der Waals surface area contributed by atoms with Gasteiger partial charge in [-0.25, -0.2) is 0 Å². The zero-order valence-corrected chi connectivity index (χ0v) is 9.10. The number of thioether (sulfide) groups is 1. The lowest BCUT2D eigenvalue weighted by Gasteiger charge is -2.23. The smallest absolute Gasteiger partial charge is 0.397 e. The third-order valence-electron chi connectivity index (χ3n) is 2.59. The normalized spacial score (nSPS) is 33.2. The first kappa shape index (κ1) is 13.1. The standard InChI is InChI=1S/C8H10F3NO3S/c1-2-7(6(13)14)5(12-15)4(3-16-7)8(9,10)11/h4,15H,2-3H2,1H3,(H,13,14). The van der Waals surface area contributed by atoms with E-state index in [1.165, 1.54) is 6.92 Å². The van der Waals surface area contributed by atoms with Gasteiger partial charge >= 0.3 is 12.1 Å². The monoisotopic (exact) mass is 257 g/mol. The van der Waals surface area contributed by atoms with Crippen molar-refractivity contribution in [3.8, 4) is 0 Å². The quantitative estimate of drug-likeness (QED) is 0.586. The maximum absolute atomic E-state index is 12.5. The minimum atomic E-state index is -4.58. The van der Waals surface area contributed by atoms with Gasteiger partial charge in [0.1, 0.15) is 5.92 Å². The highest BCUT2D eigenvalue weighted by Crippen LogP contribution is 2.47. The molecule has 0 spiro atoms. The van der Waals surface area contributed by atoms with Gasteiger partial charge < -0.3 is 10.3 Å². The number of hydrogen-bond donors (Lipinski definition) is 2. The molecule has 16 heavy (non-hydrogen) atoms. The SMILES string of the molecule is CCC1(C(=O)O)SCC(C(F)(F)F)C1=NO. The number of aliphatic carboxylic acids is 1. The summed E-state index contributed by atoms with van der Waals surface area (Å²) in [4.78, 5) is 11.0. The van der Waals surface area contributed by atoms with Crippen LogP contribution < -0.4 is 0 Å². The molecule has 8 heteroatoms. The molecular weight excluding hydrogens is 247 g/mol. The van der Waals surface area contributed by atoms with E-state index in [-0.39, 0.29) is 6.42 Å². The van der Waals surface area contributed by atoms with Gasteiger partial charge in [0.25, 0.3) is 0 Å². The van der Waals surface area contributed by atoms with Gasteiger partial charge in [-0.2, -0.15) is 13.2 Å². The van der Waals surface area contributed by atoms with Crippen molar-refractivity contribution < 1.29 is 28.3 Å². The lowest BCUT2D eigenvalue weighted by atomic mass is 9.90. The second-order valence-corrected chi connectivity index (χ2v) is 4.70. The van der Waals surface area contributed by atoms with Crippen LogP contribution in [0.4, 0.5) is 13.2 Å². The Bertz CT molecular complexity index is 331. The minimum absolute atomic E-state index is 0.0566. The predicted molar refractivity (Wildman–Crippen MR) is 51.9 cm³/mol. The highest BCUT2D eigenvalue weighted by molar-refractivity contribution is 8.02. The van der Waals surface area contributed by atoms with Crippen LogP contribution in [0.1, 0.15) is 13.3 Å². The summed E-state index contributed by atoms with van der Waals surface area (Å²) in [6, 6.07) is 0. The number of carboxylic acid groups (broad SMARTS) is 1. The largest absolute Gasteiger partial charge is 0.480 e. The molecule has 1 saturated heterocycles. The maximum Gasteiger partial charge on any atom is 0.397 e. The maximum atomic E-state index is 12.5. The van der Waals surface area contributed by atoms with E-state index in [1.807, 2.05) is 0 Å². The molecule has 0 aromatic heterocycles. The Morgan fingerprint density at radius 2 is 2.25 bits per heavy atom. The van der Waals surface area contributed by atoms with Gasteiger partial charge in [-0.05, 0) is 6.42 Å². The van der Waals surface area contributed by atoms with Crippen LogP contribution in [0.15, 0.2) is 5.16 Å². The molecule has 0 radical (unpaired) electrons. The van der Waals surface area contributed by atoms with Crippen molar-refractivity contribution in [2.24, 2.45) is 11.1 Å². The van der Waals surface area contributed by atoms with Crippen molar-refractivity contribution in [3.63, 3.8) is 0 Å². The van der Waals surface area contributed by atoms with Crippen LogP contribution >= 0.6 is 11.8 Å². The fourth-order valence-corrected chi connectivity index (χ4v) is 3.12. The summed E-state index contributed by atoms with van der Waals surface area (Å²) in [5.74, 6) is -3.82. The fraction of sp³-hybridized carbons (Fsp3) is 0.750. The Morgan fingerprint density at radius 3 is 2.56 bits per heavy atom. The van der Waals surface area contributed by atoms with Crippen LogP contribution in [0.25, 0.3) is 0 Å². The van der Waals surface area contributed by atoms with Gasteiger partial charge in [0, 0.05) is 5.75 Å². The van der Waals surface area contributed by atoms with Crippen molar-refractivity contribution in [2.75, 3.05) is 5.75 Å². The van der Waals surface area contributed by atoms with Gasteiger partial charge in [-0.3, -0.25) is 4.79 Å². The lowest BCUT2D eigenvalue weighted by Crippen LogP contribution is -2.44. The minimum Gasteiger partial charge on any atom is -0.480 e. The van der Waals surface area contributed by atoms with E-state index in [2.05, 4.69) is 5.16 Å². The van der Waals surface area contributed by atoms with Crippen molar-refractivity contribution in [1.29, 1.82) is 0 Å². The molecule has 1 aliphatic heterocycles. The number of hydrogen-bond acceptors (Lipinski definition) is 4. The average Bonchev–Trinajstić information content (AvgIpc) is 2.56. The van der Waals surface area contributed by atoms with Gasteiger partial charge in [0.05, 0.1) is 5.71 Å². The van der Waals surface area contributed by atoms with Crippen LogP contribution in [-0.4, -0.2) is 38.7 Å². The van der Waals surface area contributed by atoms with Crippen LogP contribution in [0.5, 0.6) is 0 Å². The summed E-state index contributed by atoms with van der Waals surface area (Å²) in [6.45, 7) is 1.45. The predicted octanol–water partition coefficient (Wildman–Crippen LogP) is 1.98. The molecule has 4 nitrogen and oxygen atoms in total. The number of nitrogens with zero attached hydrogens (tertiary/aromatic N) is 1. The summed E-state index contributed by atoms with van der Waals surface area (Å²) in [7, 11) is 0. The molecule has 2 atom stereocenters. The number of rotatable bonds is 2. The molecule has 0 aromatic carbocycles. The molecule has 1 heterocycles. The van der Waals surface area contributed by atoms with E-state index < -0.39 is 34.3 Å². The molecule has 1 rings (SSSR count). The van der Waals surface area contributed by atoms with E-state index in [0.29, 0.717) is 11.8 Å².